The second kappa shape index (κ2) is 6.30. The van der Waals surface area contributed by atoms with Gasteiger partial charge in [-0.1, -0.05) is 47.4 Å². The third-order valence-electron chi connectivity index (χ3n) is 2.40. The quantitative estimate of drug-likeness (QED) is 0.828. The zero-order valence-corrected chi connectivity index (χ0v) is 11.0. The maximum Gasteiger partial charge on any atom is 0.104 e. The molecule has 2 rings (SSSR count). The topological polar surface area (TPSA) is 20.2 Å². The number of rotatable bonds is 2. The van der Waals surface area contributed by atoms with Gasteiger partial charge >= 0.3 is 0 Å². The minimum absolute atomic E-state index is 0.102. The maximum absolute atomic E-state index is 8.68. The lowest BCUT2D eigenvalue weighted by Crippen LogP contribution is -1.79. The summed E-state index contributed by atoms with van der Waals surface area (Å²) in [5.41, 5.74) is 2.20. The molecule has 0 aromatic heterocycles. The van der Waals surface area contributed by atoms with Crippen molar-refractivity contribution in [3.63, 3.8) is 0 Å². The van der Waals surface area contributed by atoms with Crippen LogP contribution in [0.5, 0.6) is 0 Å². The average Bonchev–Trinajstić information content (AvgIpc) is 2.40. The molecular formula is C16H14OS. The second-order valence-corrected chi connectivity index (χ2v) is 5.05. The molecule has 1 nitrogen and oxygen atoms in total. The van der Waals surface area contributed by atoms with Gasteiger partial charge in [-0.25, -0.2) is 0 Å². The fourth-order valence-electron chi connectivity index (χ4n) is 1.52. The summed E-state index contributed by atoms with van der Waals surface area (Å²) in [6.45, 7) is 1.98. The molecule has 90 valence electrons. The van der Waals surface area contributed by atoms with Crippen molar-refractivity contribution in [1.29, 1.82) is 0 Å². The molecule has 0 fully saturated rings. The van der Waals surface area contributed by atoms with Crippen LogP contribution in [0.4, 0.5) is 0 Å². The van der Waals surface area contributed by atoms with Gasteiger partial charge < -0.3 is 5.11 Å². The van der Waals surface area contributed by atoms with E-state index in [1.807, 2.05) is 18.2 Å². The first-order valence-corrected chi connectivity index (χ1v) is 6.54. The molecule has 2 aromatic carbocycles. The highest BCUT2D eigenvalue weighted by Gasteiger charge is 1.97. The van der Waals surface area contributed by atoms with E-state index in [9.17, 15) is 0 Å². The van der Waals surface area contributed by atoms with Crippen LogP contribution >= 0.6 is 11.8 Å². The number of aliphatic hydroxyl groups is 1. The third kappa shape index (κ3) is 3.66. The van der Waals surface area contributed by atoms with Crippen LogP contribution in [0, 0.1) is 18.8 Å². The minimum Gasteiger partial charge on any atom is -0.384 e. The van der Waals surface area contributed by atoms with E-state index < -0.39 is 0 Å². The number of hydrogen-bond acceptors (Lipinski definition) is 2. The maximum atomic E-state index is 8.68. The lowest BCUT2D eigenvalue weighted by Gasteiger charge is -2.02. The average molecular weight is 254 g/mol. The van der Waals surface area contributed by atoms with Gasteiger partial charge in [0.15, 0.2) is 0 Å². The Balaban J connectivity index is 2.16. The molecule has 0 unspecified atom stereocenters. The number of hydrogen-bond donors (Lipinski definition) is 1. The van der Waals surface area contributed by atoms with Gasteiger partial charge in [-0.3, -0.25) is 0 Å². The van der Waals surface area contributed by atoms with E-state index in [2.05, 4.69) is 49.1 Å². The molecule has 1 N–H and O–H groups in total. The van der Waals surface area contributed by atoms with Crippen molar-refractivity contribution in [3.8, 4) is 11.8 Å². The fourth-order valence-corrected chi connectivity index (χ4v) is 2.40. The minimum atomic E-state index is -0.102. The van der Waals surface area contributed by atoms with E-state index in [-0.39, 0.29) is 6.61 Å². The van der Waals surface area contributed by atoms with Crippen LogP contribution in [0.3, 0.4) is 0 Å². The molecular weight excluding hydrogens is 240 g/mol. The molecule has 0 aliphatic heterocycles. The zero-order chi connectivity index (χ0) is 12.8. The Kier molecular flexibility index (Phi) is 4.46. The molecule has 0 heterocycles. The first-order chi connectivity index (χ1) is 8.78. The van der Waals surface area contributed by atoms with Crippen molar-refractivity contribution in [2.75, 3.05) is 6.61 Å². The number of aliphatic hydroxyl groups excluding tert-OH is 1. The normalized spacial score (nSPS) is 9.67. The molecule has 0 saturated carbocycles. The SMILES string of the molecule is Cc1ccc(Sc2cccc(C#CCO)c2)cc1. The monoisotopic (exact) mass is 254 g/mol. The van der Waals surface area contributed by atoms with Crippen molar-refractivity contribution in [1.82, 2.24) is 0 Å². The Labute approximate surface area is 112 Å². The first kappa shape index (κ1) is 12.8. The summed E-state index contributed by atoms with van der Waals surface area (Å²) in [4.78, 5) is 2.37. The fraction of sp³-hybridized carbons (Fsp3) is 0.125. The Bertz CT molecular complexity index is 576. The van der Waals surface area contributed by atoms with Gasteiger partial charge in [-0.2, -0.15) is 0 Å². The summed E-state index contributed by atoms with van der Waals surface area (Å²) in [6, 6.07) is 16.5. The Morgan fingerprint density at radius 2 is 1.83 bits per heavy atom. The highest BCUT2D eigenvalue weighted by Crippen LogP contribution is 2.28. The van der Waals surface area contributed by atoms with Gasteiger partial charge in [0.1, 0.15) is 6.61 Å². The van der Waals surface area contributed by atoms with Gasteiger partial charge in [0.2, 0.25) is 0 Å². The lowest BCUT2D eigenvalue weighted by molar-refractivity contribution is 0.350. The molecule has 0 aliphatic carbocycles. The van der Waals surface area contributed by atoms with E-state index in [1.54, 1.807) is 11.8 Å². The predicted octanol–water partition coefficient (Wildman–Crippen LogP) is 3.49. The summed E-state index contributed by atoms with van der Waals surface area (Å²) in [6.07, 6.45) is 0. The van der Waals surface area contributed by atoms with Crippen molar-refractivity contribution in [2.24, 2.45) is 0 Å². The van der Waals surface area contributed by atoms with Crippen molar-refractivity contribution in [3.05, 3.63) is 59.7 Å². The third-order valence-corrected chi connectivity index (χ3v) is 3.40. The van der Waals surface area contributed by atoms with Gasteiger partial charge in [-0.15, -0.1) is 0 Å². The molecule has 0 bridgehead atoms. The van der Waals surface area contributed by atoms with E-state index in [0.717, 1.165) is 10.5 Å². The van der Waals surface area contributed by atoms with E-state index in [4.69, 9.17) is 5.11 Å². The Morgan fingerprint density at radius 3 is 2.56 bits per heavy atom. The van der Waals surface area contributed by atoms with Crippen LogP contribution in [0.25, 0.3) is 0 Å². The van der Waals surface area contributed by atoms with E-state index in [1.165, 1.54) is 10.5 Å². The van der Waals surface area contributed by atoms with Crippen LogP contribution in [-0.2, 0) is 0 Å². The molecule has 0 spiro atoms. The van der Waals surface area contributed by atoms with Crippen LogP contribution in [0.15, 0.2) is 58.3 Å². The van der Waals surface area contributed by atoms with E-state index in [0.29, 0.717) is 0 Å². The standard InChI is InChI=1S/C16H14OS/c1-13-7-9-15(10-8-13)18-16-6-2-4-14(12-16)5-3-11-17/h2,4,6-10,12,17H,11H2,1H3. The molecule has 0 atom stereocenters. The molecule has 0 aliphatic rings. The predicted molar refractivity (Wildman–Crippen MR) is 75.7 cm³/mol. The van der Waals surface area contributed by atoms with Gasteiger partial charge in [0, 0.05) is 15.4 Å². The summed E-state index contributed by atoms with van der Waals surface area (Å²) in [7, 11) is 0. The largest absolute Gasteiger partial charge is 0.384 e. The van der Waals surface area contributed by atoms with Crippen LogP contribution in [0.2, 0.25) is 0 Å². The van der Waals surface area contributed by atoms with Crippen LogP contribution in [0.1, 0.15) is 11.1 Å². The smallest absolute Gasteiger partial charge is 0.104 e. The molecule has 18 heavy (non-hydrogen) atoms. The van der Waals surface area contributed by atoms with Gasteiger partial charge in [0.05, 0.1) is 0 Å². The summed E-state index contributed by atoms with van der Waals surface area (Å²) in [5, 5.41) is 8.68. The van der Waals surface area contributed by atoms with Gasteiger partial charge in [0.25, 0.3) is 0 Å². The molecule has 0 amide bonds. The molecule has 2 heteroatoms. The summed E-state index contributed by atoms with van der Waals surface area (Å²) in [5.74, 6) is 5.58. The summed E-state index contributed by atoms with van der Waals surface area (Å²) < 4.78 is 0. The molecule has 2 aromatic rings. The lowest BCUT2D eigenvalue weighted by atomic mass is 10.2. The zero-order valence-electron chi connectivity index (χ0n) is 10.2. The highest BCUT2D eigenvalue weighted by atomic mass is 32.2. The Hall–Kier alpha value is -1.69. The van der Waals surface area contributed by atoms with Crippen molar-refractivity contribution in [2.45, 2.75) is 16.7 Å². The van der Waals surface area contributed by atoms with Gasteiger partial charge in [-0.05, 0) is 37.3 Å². The molecule has 0 saturated heterocycles. The summed E-state index contributed by atoms with van der Waals surface area (Å²) >= 11 is 1.71. The molecule has 0 radical (unpaired) electrons. The van der Waals surface area contributed by atoms with Crippen molar-refractivity contribution >= 4 is 11.8 Å². The number of aryl methyl sites for hydroxylation is 1. The van der Waals surface area contributed by atoms with Crippen LogP contribution in [-0.4, -0.2) is 11.7 Å². The van der Waals surface area contributed by atoms with Crippen molar-refractivity contribution < 1.29 is 5.11 Å². The highest BCUT2D eigenvalue weighted by molar-refractivity contribution is 7.99. The van der Waals surface area contributed by atoms with E-state index >= 15 is 0 Å². The number of benzene rings is 2. The van der Waals surface area contributed by atoms with Crippen LogP contribution < -0.4 is 0 Å². The Morgan fingerprint density at radius 1 is 1.06 bits per heavy atom. The first-order valence-electron chi connectivity index (χ1n) is 5.72. The second-order valence-electron chi connectivity index (χ2n) is 3.90.